The minimum atomic E-state index is -0.357. The molecule has 1 heterocycles. The van der Waals surface area contributed by atoms with E-state index < -0.39 is 0 Å². The van der Waals surface area contributed by atoms with Gasteiger partial charge in [0.05, 0.1) is 5.02 Å². The highest BCUT2D eigenvalue weighted by Gasteiger charge is 2.24. The van der Waals surface area contributed by atoms with Crippen molar-refractivity contribution in [3.8, 4) is 0 Å². The van der Waals surface area contributed by atoms with Gasteiger partial charge in [-0.1, -0.05) is 31.5 Å². The SMILES string of the molecule is CC(NCC(C(C)C)N1CCCC1)c1ccc(F)c(Cl)c1. The fourth-order valence-corrected chi connectivity index (χ4v) is 3.25. The molecular formula is C17H26ClFN2. The molecule has 2 atom stereocenters. The van der Waals surface area contributed by atoms with Crippen LogP contribution in [0.15, 0.2) is 18.2 Å². The van der Waals surface area contributed by atoms with E-state index in [-0.39, 0.29) is 16.9 Å². The zero-order chi connectivity index (χ0) is 15.4. The second-order valence-corrected chi connectivity index (χ2v) is 6.77. The topological polar surface area (TPSA) is 15.3 Å². The molecule has 0 aromatic heterocycles. The molecule has 1 aromatic carbocycles. The van der Waals surface area contributed by atoms with Gasteiger partial charge < -0.3 is 5.32 Å². The second kappa shape index (κ2) is 7.57. The van der Waals surface area contributed by atoms with Gasteiger partial charge in [0.15, 0.2) is 0 Å². The summed E-state index contributed by atoms with van der Waals surface area (Å²) in [6.45, 7) is 10.0. The maximum atomic E-state index is 13.2. The van der Waals surface area contributed by atoms with Crippen molar-refractivity contribution >= 4 is 11.6 Å². The first kappa shape index (κ1) is 16.7. The molecule has 2 rings (SSSR count). The van der Waals surface area contributed by atoms with Crippen molar-refractivity contribution in [2.24, 2.45) is 5.92 Å². The highest BCUT2D eigenvalue weighted by molar-refractivity contribution is 6.30. The highest BCUT2D eigenvalue weighted by atomic mass is 35.5. The van der Waals surface area contributed by atoms with E-state index >= 15 is 0 Å². The molecule has 0 aliphatic carbocycles. The Morgan fingerprint density at radius 3 is 2.48 bits per heavy atom. The summed E-state index contributed by atoms with van der Waals surface area (Å²) in [5.41, 5.74) is 1.03. The van der Waals surface area contributed by atoms with Crippen molar-refractivity contribution in [1.29, 1.82) is 0 Å². The van der Waals surface area contributed by atoms with Crippen molar-refractivity contribution < 1.29 is 4.39 Å². The van der Waals surface area contributed by atoms with Crippen LogP contribution in [0.1, 0.15) is 45.2 Å². The average molecular weight is 313 g/mol. The molecule has 1 N–H and O–H groups in total. The van der Waals surface area contributed by atoms with Crippen molar-refractivity contribution in [3.05, 3.63) is 34.6 Å². The summed E-state index contributed by atoms with van der Waals surface area (Å²) < 4.78 is 13.2. The third-order valence-corrected chi connectivity index (χ3v) is 4.75. The largest absolute Gasteiger partial charge is 0.309 e. The predicted octanol–water partition coefficient (Wildman–Crippen LogP) is 4.25. The summed E-state index contributed by atoms with van der Waals surface area (Å²) in [4.78, 5) is 2.59. The molecule has 1 saturated heterocycles. The Kier molecular flexibility index (Phi) is 6.03. The Morgan fingerprint density at radius 1 is 1.24 bits per heavy atom. The monoisotopic (exact) mass is 312 g/mol. The number of benzene rings is 1. The van der Waals surface area contributed by atoms with Crippen molar-refractivity contribution in [2.45, 2.75) is 45.7 Å². The number of nitrogens with zero attached hydrogens (tertiary/aromatic N) is 1. The first-order valence-corrected chi connectivity index (χ1v) is 8.29. The van der Waals surface area contributed by atoms with Gasteiger partial charge in [0.2, 0.25) is 0 Å². The van der Waals surface area contributed by atoms with Crippen LogP contribution >= 0.6 is 11.6 Å². The molecule has 1 aliphatic rings. The van der Waals surface area contributed by atoms with Gasteiger partial charge in [-0.3, -0.25) is 4.90 Å². The molecule has 118 valence electrons. The van der Waals surface area contributed by atoms with E-state index in [2.05, 4.69) is 31.0 Å². The number of nitrogens with one attached hydrogen (secondary N) is 1. The van der Waals surface area contributed by atoms with Crippen LogP contribution in [0.2, 0.25) is 5.02 Å². The smallest absolute Gasteiger partial charge is 0.141 e. The number of hydrogen-bond donors (Lipinski definition) is 1. The molecule has 21 heavy (non-hydrogen) atoms. The Hall–Kier alpha value is -0.640. The van der Waals surface area contributed by atoms with Crippen molar-refractivity contribution in [2.75, 3.05) is 19.6 Å². The second-order valence-electron chi connectivity index (χ2n) is 6.36. The summed E-state index contributed by atoms with van der Waals surface area (Å²) in [6.07, 6.45) is 2.62. The van der Waals surface area contributed by atoms with E-state index in [9.17, 15) is 4.39 Å². The number of halogens is 2. The van der Waals surface area contributed by atoms with Crippen LogP contribution in [0.5, 0.6) is 0 Å². The Labute approximate surface area is 132 Å². The van der Waals surface area contributed by atoms with E-state index in [0.717, 1.165) is 12.1 Å². The minimum absolute atomic E-state index is 0.173. The summed E-state index contributed by atoms with van der Waals surface area (Å²) in [6, 6.07) is 5.70. The first-order valence-electron chi connectivity index (χ1n) is 7.91. The van der Waals surface area contributed by atoms with Crippen LogP contribution in [-0.2, 0) is 0 Å². The van der Waals surface area contributed by atoms with E-state index in [4.69, 9.17) is 11.6 Å². The fraction of sp³-hybridized carbons (Fsp3) is 0.647. The molecule has 2 unspecified atom stereocenters. The maximum Gasteiger partial charge on any atom is 0.141 e. The molecule has 1 fully saturated rings. The van der Waals surface area contributed by atoms with Crippen LogP contribution in [0.4, 0.5) is 4.39 Å². The molecular weight excluding hydrogens is 287 g/mol. The van der Waals surface area contributed by atoms with Crippen molar-refractivity contribution in [3.63, 3.8) is 0 Å². The molecule has 0 saturated carbocycles. The van der Waals surface area contributed by atoms with Gasteiger partial charge in [0.1, 0.15) is 5.82 Å². The third-order valence-electron chi connectivity index (χ3n) is 4.46. The highest BCUT2D eigenvalue weighted by Crippen LogP contribution is 2.22. The normalized spacial score (nSPS) is 19.1. The Morgan fingerprint density at radius 2 is 1.90 bits per heavy atom. The van der Waals surface area contributed by atoms with Gasteiger partial charge in [-0.15, -0.1) is 0 Å². The first-order chi connectivity index (χ1) is 9.99. The predicted molar refractivity (Wildman–Crippen MR) is 87.3 cm³/mol. The lowest BCUT2D eigenvalue weighted by Gasteiger charge is -2.32. The number of hydrogen-bond acceptors (Lipinski definition) is 2. The van der Waals surface area contributed by atoms with E-state index in [1.807, 2.05) is 0 Å². The molecule has 1 aromatic rings. The standard InChI is InChI=1S/C17H26ClFN2/c1-12(2)17(21-8-4-5-9-21)11-20-13(3)14-6-7-16(19)15(18)10-14/h6-7,10,12-13,17,20H,4-5,8-9,11H2,1-3H3. The lowest BCUT2D eigenvalue weighted by Crippen LogP contribution is -2.44. The minimum Gasteiger partial charge on any atom is -0.309 e. The Balaban J connectivity index is 1.94. The molecule has 2 nitrogen and oxygen atoms in total. The number of rotatable bonds is 6. The van der Waals surface area contributed by atoms with Crippen LogP contribution in [0, 0.1) is 11.7 Å². The van der Waals surface area contributed by atoms with Crippen LogP contribution in [0.25, 0.3) is 0 Å². The summed E-state index contributed by atoms with van der Waals surface area (Å²) >= 11 is 5.86. The molecule has 0 radical (unpaired) electrons. The van der Waals surface area contributed by atoms with Gasteiger partial charge in [0.25, 0.3) is 0 Å². The fourth-order valence-electron chi connectivity index (χ4n) is 3.06. The lowest BCUT2D eigenvalue weighted by atomic mass is 10.0. The van der Waals surface area contributed by atoms with Crippen molar-refractivity contribution in [1.82, 2.24) is 10.2 Å². The van der Waals surface area contributed by atoms with Gasteiger partial charge >= 0.3 is 0 Å². The summed E-state index contributed by atoms with van der Waals surface area (Å²) in [5.74, 6) is 0.268. The van der Waals surface area contributed by atoms with E-state index in [1.54, 1.807) is 12.1 Å². The summed E-state index contributed by atoms with van der Waals surface area (Å²) in [5, 5.41) is 3.78. The average Bonchev–Trinajstić information content (AvgIpc) is 2.95. The lowest BCUT2D eigenvalue weighted by molar-refractivity contribution is 0.183. The zero-order valence-corrected chi connectivity index (χ0v) is 14.0. The molecule has 0 amide bonds. The number of likely N-dealkylation sites (tertiary alicyclic amines) is 1. The molecule has 0 bridgehead atoms. The molecule has 1 aliphatic heterocycles. The van der Waals surface area contributed by atoms with E-state index in [1.165, 1.54) is 32.0 Å². The van der Waals surface area contributed by atoms with Gasteiger partial charge in [-0.2, -0.15) is 0 Å². The Bertz CT molecular complexity index is 458. The van der Waals surface area contributed by atoms with Gasteiger partial charge in [-0.05, 0) is 56.5 Å². The van der Waals surface area contributed by atoms with Crippen LogP contribution < -0.4 is 5.32 Å². The zero-order valence-electron chi connectivity index (χ0n) is 13.2. The quantitative estimate of drug-likeness (QED) is 0.844. The summed E-state index contributed by atoms with van der Waals surface area (Å²) in [7, 11) is 0. The molecule has 4 heteroatoms. The van der Waals surface area contributed by atoms with E-state index in [0.29, 0.717) is 12.0 Å². The molecule has 0 spiro atoms. The maximum absolute atomic E-state index is 13.2. The third kappa shape index (κ3) is 4.41. The van der Waals surface area contributed by atoms with Crippen LogP contribution in [-0.4, -0.2) is 30.6 Å². The van der Waals surface area contributed by atoms with Crippen LogP contribution in [0.3, 0.4) is 0 Å². The van der Waals surface area contributed by atoms with Gasteiger partial charge in [0, 0.05) is 18.6 Å². The van der Waals surface area contributed by atoms with Gasteiger partial charge in [-0.25, -0.2) is 4.39 Å².